The Kier molecular flexibility index (Phi) is 9.49. The molecule has 0 unspecified atom stereocenters. The van der Waals surface area contributed by atoms with Crippen LogP contribution in [0.25, 0.3) is 0 Å². The van der Waals surface area contributed by atoms with E-state index >= 15 is 0 Å². The lowest BCUT2D eigenvalue weighted by molar-refractivity contribution is 0.0942. The molecule has 2 rings (SSSR count). The van der Waals surface area contributed by atoms with Gasteiger partial charge in [0.1, 0.15) is 5.69 Å². The van der Waals surface area contributed by atoms with E-state index in [1.54, 1.807) is 36.0 Å². The Hall–Kier alpha value is -2.22. The molecule has 0 bridgehead atoms. The van der Waals surface area contributed by atoms with Crippen molar-refractivity contribution < 1.29 is 9.59 Å². The Labute approximate surface area is 187 Å². The van der Waals surface area contributed by atoms with Crippen molar-refractivity contribution in [3.05, 3.63) is 47.8 Å². The SMILES string of the molecule is CN(C)CCNC(=O)c1cc(NC(=O)c2ccc(N(CCCl)CCCl)cc2)cn1C. The van der Waals surface area contributed by atoms with Gasteiger partial charge in [-0.1, -0.05) is 0 Å². The van der Waals surface area contributed by atoms with Crippen molar-refractivity contribution in [2.75, 3.05) is 62.3 Å². The van der Waals surface area contributed by atoms with E-state index in [2.05, 4.69) is 15.5 Å². The molecule has 164 valence electrons. The lowest BCUT2D eigenvalue weighted by Crippen LogP contribution is -2.32. The summed E-state index contributed by atoms with van der Waals surface area (Å²) in [7, 11) is 5.66. The number of carbonyl (C=O) groups is 2. The number of anilines is 2. The van der Waals surface area contributed by atoms with Gasteiger partial charge >= 0.3 is 0 Å². The summed E-state index contributed by atoms with van der Waals surface area (Å²) in [5, 5.41) is 5.71. The minimum atomic E-state index is -0.243. The molecular formula is C21H29Cl2N5O2. The van der Waals surface area contributed by atoms with Crippen LogP contribution in [0.5, 0.6) is 0 Å². The number of alkyl halides is 2. The summed E-state index contributed by atoms with van der Waals surface area (Å²) in [4.78, 5) is 29.0. The number of nitrogens with zero attached hydrogens (tertiary/aromatic N) is 3. The minimum Gasteiger partial charge on any atom is -0.369 e. The van der Waals surface area contributed by atoms with Gasteiger partial charge in [0.15, 0.2) is 0 Å². The van der Waals surface area contributed by atoms with Crippen LogP contribution in [0.1, 0.15) is 20.8 Å². The van der Waals surface area contributed by atoms with Crippen LogP contribution in [-0.2, 0) is 7.05 Å². The Morgan fingerprint density at radius 1 is 1.00 bits per heavy atom. The fraction of sp³-hybridized carbons (Fsp3) is 0.429. The van der Waals surface area contributed by atoms with Gasteiger partial charge in [-0.15, -0.1) is 23.2 Å². The van der Waals surface area contributed by atoms with E-state index in [1.165, 1.54) is 0 Å². The fourth-order valence-electron chi connectivity index (χ4n) is 2.94. The number of likely N-dealkylation sites (N-methyl/N-ethyl adjacent to an activating group) is 1. The molecule has 0 fully saturated rings. The predicted octanol–water partition coefficient (Wildman–Crippen LogP) is 2.85. The van der Waals surface area contributed by atoms with Crippen molar-refractivity contribution in [2.24, 2.45) is 7.05 Å². The number of aromatic nitrogens is 1. The van der Waals surface area contributed by atoms with Crippen molar-refractivity contribution >= 4 is 46.4 Å². The second kappa shape index (κ2) is 11.8. The summed E-state index contributed by atoms with van der Waals surface area (Å²) in [5.41, 5.74) is 2.54. The zero-order valence-electron chi connectivity index (χ0n) is 17.6. The summed E-state index contributed by atoms with van der Waals surface area (Å²) < 4.78 is 1.69. The highest BCUT2D eigenvalue weighted by atomic mass is 35.5. The first-order valence-corrected chi connectivity index (χ1v) is 10.8. The van der Waals surface area contributed by atoms with E-state index in [-0.39, 0.29) is 11.8 Å². The number of hydrogen-bond acceptors (Lipinski definition) is 4. The molecule has 0 aliphatic carbocycles. The number of rotatable bonds is 11. The molecule has 2 aromatic rings. The number of carbonyl (C=O) groups excluding carboxylic acids is 2. The second-order valence-corrected chi connectivity index (χ2v) is 7.91. The van der Waals surface area contributed by atoms with E-state index < -0.39 is 0 Å². The largest absolute Gasteiger partial charge is 0.369 e. The van der Waals surface area contributed by atoms with Gasteiger partial charge in [-0.2, -0.15) is 0 Å². The predicted molar refractivity (Wildman–Crippen MR) is 124 cm³/mol. The number of amides is 2. The van der Waals surface area contributed by atoms with E-state index in [4.69, 9.17) is 23.2 Å². The lowest BCUT2D eigenvalue weighted by atomic mass is 10.1. The third kappa shape index (κ3) is 6.93. The number of benzene rings is 1. The van der Waals surface area contributed by atoms with Crippen LogP contribution in [0.3, 0.4) is 0 Å². The molecule has 0 radical (unpaired) electrons. The van der Waals surface area contributed by atoms with Crippen LogP contribution in [-0.4, -0.2) is 73.3 Å². The van der Waals surface area contributed by atoms with Crippen LogP contribution in [0.15, 0.2) is 36.5 Å². The Bertz CT molecular complexity index is 830. The Morgan fingerprint density at radius 2 is 1.63 bits per heavy atom. The van der Waals surface area contributed by atoms with Crippen LogP contribution in [0, 0.1) is 0 Å². The standard InChI is InChI=1S/C21H29Cl2N5O2/c1-26(2)13-10-24-21(30)19-14-17(15-27(19)3)25-20(29)16-4-6-18(7-5-16)28(11-8-22)12-9-23/h4-7,14-15H,8-13H2,1-3H3,(H,24,30)(H,25,29). The Balaban J connectivity index is 2.01. The molecule has 9 heteroatoms. The highest BCUT2D eigenvalue weighted by Gasteiger charge is 2.14. The normalized spacial score (nSPS) is 10.9. The molecular weight excluding hydrogens is 425 g/mol. The average molecular weight is 454 g/mol. The zero-order chi connectivity index (χ0) is 22.1. The van der Waals surface area contributed by atoms with Gasteiger partial charge in [-0.25, -0.2) is 0 Å². The first kappa shape index (κ1) is 24.1. The topological polar surface area (TPSA) is 69.6 Å². The summed E-state index contributed by atoms with van der Waals surface area (Å²) in [5.74, 6) is 0.576. The maximum Gasteiger partial charge on any atom is 0.268 e. The Morgan fingerprint density at radius 3 is 2.20 bits per heavy atom. The molecule has 0 aliphatic heterocycles. The first-order chi connectivity index (χ1) is 14.3. The fourth-order valence-corrected chi connectivity index (χ4v) is 3.35. The summed E-state index contributed by atoms with van der Waals surface area (Å²) in [6.07, 6.45) is 1.72. The molecule has 1 heterocycles. The number of hydrogen-bond donors (Lipinski definition) is 2. The maximum absolute atomic E-state index is 12.6. The molecule has 0 saturated carbocycles. The quantitative estimate of drug-likeness (QED) is 0.513. The van der Waals surface area contributed by atoms with E-state index in [0.29, 0.717) is 48.3 Å². The summed E-state index contributed by atoms with van der Waals surface area (Å²) in [6, 6.07) is 8.95. The molecule has 30 heavy (non-hydrogen) atoms. The third-order valence-electron chi connectivity index (χ3n) is 4.54. The van der Waals surface area contributed by atoms with E-state index in [0.717, 1.165) is 12.2 Å². The van der Waals surface area contributed by atoms with Crippen molar-refractivity contribution in [2.45, 2.75) is 0 Å². The highest BCUT2D eigenvalue weighted by Crippen LogP contribution is 2.18. The molecule has 2 amide bonds. The van der Waals surface area contributed by atoms with Crippen molar-refractivity contribution in [3.8, 4) is 0 Å². The minimum absolute atomic E-state index is 0.178. The molecule has 0 aliphatic rings. The lowest BCUT2D eigenvalue weighted by Gasteiger charge is -2.22. The van der Waals surface area contributed by atoms with Crippen molar-refractivity contribution in [1.82, 2.24) is 14.8 Å². The van der Waals surface area contributed by atoms with Gasteiger partial charge in [0.25, 0.3) is 11.8 Å². The van der Waals surface area contributed by atoms with Gasteiger partial charge in [0.05, 0.1) is 5.69 Å². The van der Waals surface area contributed by atoms with Gasteiger partial charge in [-0.05, 0) is 44.4 Å². The second-order valence-electron chi connectivity index (χ2n) is 7.15. The van der Waals surface area contributed by atoms with E-state index in [1.807, 2.05) is 31.1 Å². The highest BCUT2D eigenvalue weighted by molar-refractivity contribution is 6.18. The monoisotopic (exact) mass is 453 g/mol. The molecule has 7 nitrogen and oxygen atoms in total. The molecule has 0 saturated heterocycles. The molecule has 1 aromatic carbocycles. The van der Waals surface area contributed by atoms with Gasteiger partial charge in [-0.3, -0.25) is 9.59 Å². The van der Waals surface area contributed by atoms with Crippen LogP contribution < -0.4 is 15.5 Å². The smallest absolute Gasteiger partial charge is 0.268 e. The molecule has 0 atom stereocenters. The van der Waals surface area contributed by atoms with Gasteiger partial charge in [0, 0.05) is 62.4 Å². The van der Waals surface area contributed by atoms with Gasteiger partial charge in [0.2, 0.25) is 0 Å². The summed E-state index contributed by atoms with van der Waals surface area (Å²) in [6.45, 7) is 2.67. The number of halogens is 2. The molecule has 0 spiro atoms. The van der Waals surface area contributed by atoms with Crippen molar-refractivity contribution in [3.63, 3.8) is 0 Å². The van der Waals surface area contributed by atoms with Crippen LogP contribution in [0.2, 0.25) is 0 Å². The van der Waals surface area contributed by atoms with Crippen molar-refractivity contribution in [1.29, 1.82) is 0 Å². The van der Waals surface area contributed by atoms with Gasteiger partial charge < -0.3 is 25.0 Å². The molecule has 1 aromatic heterocycles. The van der Waals surface area contributed by atoms with E-state index in [9.17, 15) is 9.59 Å². The number of aryl methyl sites for hydroxylation is 1. The summed E-state index contributed by atoms with van der Waals surface area (Å²) >= 11 is 11.7. The first-order valence-electron chi connectivity index (χ1n) is 9.73. The van der Waals surface area contributed by atoms with Crippen LogP contribution >= 0.6 is 23.2 Å². The number of nitrogens with one attached hydrogen (secondary N) is 2. The van der Waals surface area contributed by atoms with Crippen LogP contribution in [0.4, 0.5) is 11.4 Å². The average Bonchev–Trinajstić information content (AvgIpc) is 3.07. The third-order valence-corrected chi connectivity index (χ3v) is 4.88. The molecule has 2 N–H and O–H groups in total. The maximum atomic E-state index is 12.6. The zero-order valence-corrected chi connectivity index (χ0v) is 19.1.